The molecule has 4 rings (SSSR count). The molecule has 3 aromatic carbocycles. The van der Waals surface area contributed by atoms with Crippen LogP contribution in [0.1, 0.15) is 29.3 Å². The van der Waals surface area contributed by atoms with Crippen LogP contribution >= 0.6 is 0 Å². The van der Waals surface area contributed by atoms with Gasteiger partial charge in [0, 0.05) is 25.7 Å². The molecule has 0 saturated carbocycles. The molecule has 0 radical (unpaired) electrons. The SMILES string of the molecule is CCOc1cc2ccccc2cc1C(=O)NC1CCN(Cc2ccccc2)C1. The Morgan fingerprint density at radius 2 is 1.79 bits per heavy atom. The molecular formula is C24H26N2O2. The average Bonchev–Trinajstić information content (AvgIpc) is 3.15. The summed E-state index contributed by atoms with van der Waals surface area (Å²) in [5.41, 5.74) is 1.92. The zero-order chi connectivity index (χ0) is 19.3. The molecule has 1 heterocycles. The summed E-state index contributed by atoms with van der Waals surface area (Å²) in [4.78, 5) is 15.4. The van der Waals surface area contributed by atoms with Crippen molar-refractivity contribution in [2.75, 3.05) is 19.7 Å². The number of rotatable bonds is 6. The fourth-order valence-electron chi connectivity index (χ4n) is 3.87. The number of nitrogens with one attached hydrogen (secondary N) is 1. The molecule has 4 nitrogen and oxygen atoms in total. The molecule has 3 aromatic rings. The van der Waals surface area contributed by atoms with E-state index in [1.54, 1.807) is 0 Å². The number of nitrogens with zero attached hydrogens (tertiary/aromatic N) is 1. The highest BCUT2D eigenvalue weighted by atomic mass is 16.5. The van der Waals surface area contributed by atoms with E-state index in [2.05, 4.69) is 34.5 Å². The minimum Gasteiger partial charge on any atom is -0.493 e. The summed E-state index contributed by atoms with van der Waals surface area (Å²) in [6.07, 6.45) is 0.968. The molecule has 1 amide bonds. The minimum atomic E-state index is -0.0548. The monoisotopic (exact) mass is 374 g/mol. The van der Waals surface area contributed by atoms with Crippen LogP contribution in [0.2, 0.25) is 0 Å². The van der Waals surface area contributed by atoms with E-state index in [4.69, 9.17) is 4.74 Å². The molecule has 1 aliphatic rings. The number of hydrogen-bond donors (Lipinski definition) is 1. The van der Waals surface area contributed by atoms with Crippen LogP contribution in [0, 0.1) is 0 Å². The van der Waals surface area contributed by atoms with Crippen molar-refractivity contribution in [1.29, 1.82) is 0 Å². The van der Waals surface area contributed by atoms with Gasteiger partial charge >= 0.3 is 0 Å². The molecule has 1 N–H and O–H groups in total. The summed E-state index contributed by atoms with van der Waals surface area (Å²) in [5, 5.41) is 5.34. The maximum absolute atomic E-state index is 13.0. The van der Waals surface area contributed by atoms with Crippen molar-refractivity contribution in [1.82, 2.24) is 10.2 Å². The van der Waals surface area contributed by atoms with Gasteiger partial charge in [0.2, 0.25) is 0 Å². The number of carbonyl (C=O) groups is 1. The van der Waals surface area contributed by atoms with Crippen LogP contribution in [0.3, 0.4) is 0 Å². The summed E-state index contributed by atoms with van der Waals surface area (Å²) in [6.45, 7) is 5.27. The lowest BCUT2D eigenvalue weighted by Gasteiger charge is -2.18. The second kappa shape index (κ2) is 8.44. The van der Waals surface area contributed by atoms with Crippen LogP contribution in [0.4, 0.5) is 0 Å². The maximum atomic E-state index is 13.0. The van der Waals surface area contributed by atoms with Crippen LogP contribution in [0.5, 0.6) is 5.75 Å². The first-order valence-electron chi connectivity index (χ1n) is 9.95. The number of carbonyl (C=O) groups excluding carboxylic acids is 1. The van der Waals surface area contributed by atoms with E-state index in [1.165, 1.54) is 5.56 Å². The van der Waals surface area contributed by atoms with Crippen molar-refractivity contribution in [3.8, 4) is 5.75 Å². The lowest BCUT2D eigenvalue weighted by molar-refractivity contribution is 0.0934. The summed E-state index contributed by atoms with van der Waals surface area (Å²) in [6, 6.07) is 22.6. The molecule has 28 heavy (non-hydrogen) atoms. The van der Waals surface area contributed by atoms with Crippen LogP contribution in [0.15, 0.2) is 66.7 Å². The lowest BCUT2D eigenvalue weighted by Crippen LogP contribution is -2.37. The highest BCUT2D eigenvalue weighted by Crippen LogP contribution is 2.26. The van der Waals surface area contributed by atoms with Crippen molar-refractivity contribution in [2.45, 2.75) is 25.9 Å². The Balaban J connectivity index is 1.45. The average molecular weight is 374 g/mol. The second-order valence-corrected chi connectivity index (χ2v) is 7.31. The van der Waals surface area contributed by atoms with Crippen LogP contribution in [-0.4, -0.2) is 36.5 Å². The Morgan fingerprint density at radius 1 is 1.07 bits per heavy atom. The van der Waals surface area contributed by atoms with Gasteiger partial charge in [-0.2, -0.15) is 0 Å². The first kappa shape index (κ1) is 18.5. The Labute approximate surface area is 166 Å². The number of amides is 1. The number of ether oxygens (including phenoxy) is 1. The van der Waals surface area contributed by atoms with Gasteiger partial charge < -0.3 is 10.1 Å². The Hall–Kier alpha value is -2.85. The fraction of sp³-hybridized carbons (Fsp3) is 0.292. The highest BCUT2D eigenvalue weighted by Gasteiger charge is 2.25. The zero-order valence-electron chi connectivity index (χ0n) is 16.2. The quantitative estimate of drug-likeness (QED) is 0.702. The first-order chi connectivity index (χ1) is 13.7. The highest BCUT2D eigenvalue weighted by molar-refractivity contribution is 6.01. The molecule has 0 aliphatic carbocycles. The van der Waals surface area contributed by atoms with Crippen molar-refractivity contribution in [3.05, 3.63) is 77.9 Å². The van der Waals surface area contributed by atoms with Crippen molar-refractivity contribution < 1.29 is 9.53 Å². The lowest BCUT2D eigenvalue weighted by atomic mass is 10.0. The molecule has 0 bridgehead atoms. The van der Waals surface area contributed by atoms with Gasteiger partial charge in [0.05, 0.1) is 12.2 Å². The predicted octanol–water partition coefficient (Wildman–Crippen LogP) is 4.24. The zero-order valence-corrected chi connectivity index (χ0v) is 16.2. The van der Waals surface area contributed by atoms with Gasteiger partial charge in [-0.1, -0.05) is 54.6 Å². The van der Waals surface area contributed by atoms with Gasteiger partial charge in [-0.05, 0) is 41.8 Å². The van der Waals surface area contributed by atoms with Crippen molar-refractivity contribution >= 4 is 16.7 Å². The summed E-state index contributed by atoms with van der Waals surface area (Å²) < 4.78 is 5.76. The second-order valence-electron chi connectivity index (χ2n) is 7.31. The van der Waals surface area contributed by atoms with Crippen LogP contribution in [0.25, 0.3) is 10.8 Å². The molecule has 0 aromatic heterocycles. The molecule has 1 unspecified atom stereocenters. The smallest absolute Gasteiger partial charge is 0.255 e. The van der Waals surface area contributed by atoms with E-state index in [1.807, 2.05) is 49.4 Å². The summed E-state index contributed by atoms with van der Waals surface area (Å²) >= 11 is 0. The van der Waals surface area contributed by atoms with E-state index in [9.17, 15) is 4.79 Å². The number of benzene rings is 3. The Morgan fingerprint density at radius 3 is 2.54 bits per heavy atom. The van der Waals surface area contributed by atoms with Gasteiger partial charge in [0.1, 0.15) is 5.75 Å². The minimum absolute atomic E-state index is 0.0548. The molecule has 144 valence electrons. The van der Waals surface area contributed by atoms with E-state index < -0.39 is 0 Å². The molecule has 1 fully saturated rings. The Bertz CT molecular complexity index is 955. The summed E-state index contributed by atoms with van der Waals surface area (Å²) in [7, 11) is 0. The van der Waals surface area contributed by atoms with Gasteiger partial charge in [-0.25, -0.2) is 0 Å². The molecule has 1 aliphatic heterocycles. The third-order valence-corrected chi connectivity index (χ3v) is 5.25. The third kappa shape index (κ3) is 4.18. The largest absolute Gasteiger partial charge is 0.493 e. The van der Waals surface area contributed by atoms with E-state index in [0.717, 1.165) is 36.8 Å². The number of hydrogen-bond acceptors (Lipinski definition) is 3. The topological polar surface area (TPSA) is 41.6 Å². The first-order valence-corrected chi connectivity index (χ1v) is 9.95. The van der Waals surface area contributed by atoms with E-state index >= 15 is 0 Å². The van der Waals surface area contributed by atoms with Crippen molar-refractivity contribution in [3.63, 3.8) is 0 Å². The molecule has 1 saturated heterocycles. The van der Waals surface area contributed by atoms with Gasteiger partial charge in [-0.15, -0.1) is 0 Å². The normalized spacial score (nSPS) is 17.0. The molecule has 4 heteroatoms. The standard InChI is InChI=1S/C24H26N2O2/c1-2-28-23-15-20-11-7-6-10-19(20)14-22(23)24(27)25-21-12-13-26(17-21)16-18-8-4-3-5-9-18/h3-11,14-15,21H,2,12-13,16-17H2,1H3,(H,25,27). The number of fused-ring (bicyclic) bond motifs is 1. The van der Waals surface area contributed by atoms with Gasteiger partial charge in [0.15, 0.2) is 0 Å². The fourth-order valence-corrected chi connectivity index (χ4v) is 3.87. The van der Waals surface area contributed by atoms with Gasteiger partial charge in [0.25, 0.3) is 5.91 Å². The van der Waals surface area contributed by atoms with Crippen LogP contribution in [-0.2, 0) is 6.54 Å². The van der Waals surface area contributed by atoms with Crippen molar-refractivity contribution in [2.24, 2.45) is 0 Å². The maximum Gasteiger partial charge on any atom is 0.255 e. The third-order valence-electron chi connectivity index (χ3n) is 5.25. The molecule has 1 atom stereocenters. The number of likely N-dealkylation sites (tertiary alicyclic amines) is 1. The van der Waals surface area contributed by atoms with Gasteiger partial charge in [-0.3, -0.25) is 9.69 Å². The van der Waals surface area contributed by atoms with E-state index in [-0.39, 0.29) is 11.9 Å². The molecule has 0 spiro atoms. The molecular weight excluding hydrogens is 348 g/mol. The summed E-state index contributed by atoms with van der Waals surface area (Å²) in [5.74, 6) is 0.596. The van der Waals surface area contributed by atoms with E-state index in [0.29, 0.717) is 17.9 Å². The predicted molar refractivity (Wildman–Crippen MR) is 113 cm³/mol. The van der Waals surface area contributed by atoms with Crippen LogP contribution < -0.4 is 10.1 Å². The Kier molecular flexibility index (Phi) is 5.58.